The number of nitrogens with one attached hydrogen (secondary N) is 1. The Morgan fingerprint density at radius 3 is 2.88 bits per heavy atom. The predicted octanol–water partition coefficient (Wildman–Crippen LogP) is 2.76. The van der Waals surface area contributed by atoms with Gasteiger partial charge in [0.25, 0.3) is 5.91 Å². The highest BCUT2D eigenvalue weighted by Crippen LogP contribution is 2.23. The van der Waals surface area contributed by atoms with Gasteiger partial charge < -0.3 is 5.32 Å². The number of hydrogen-bond acceptors (Lipinski definition) is 2. The minimum atomic E-state index is -0.0271. The van der Waals surface area contributed by atoms with Crippen LogP contribution in [0.5, 0.6) is 0 Å². The van der Waals surface area contributed by atoms with E-state index in [1.54, 1.807) is 18.5 Å². The van der Waals surface area contributed by atoms with Gasteiger partial charge in [0.2, 0.25) is 0 Å². The molecule has 16 heavy (non-hydrogen) atoms. The van der Waals surface area contributed by atoms with Crippen LogP contribution in [0.4, 0.5) is 0 Å². The molecule has 0 unspecified atom stereocenters. The minimum absolute atomic E-state index is 0.0271. The summed E-state index contributed by atoms with van der Waals surface area (Å²) in [5.41, 5.74) is 0.618. The average molecular weight is 283 g/mol. The molecule has 1 aliphatic rings. The maximum absolute atomic E-state index is 11.8. The number of carbonyl (C=O) groups excluding carboxylic acids is 1. The quantitative estimate of drug-likeness (QED) is 0.926. The number of amides is 1. The van der Waals surface area contributed by atoms with Crippen LogP contribution in [-0.2, 0) is 0 Å². The summed E-state index contributed by atoms with van der Waals surface area (Å²) in [7, 11) is 0. The largest absolute Gasteiger partial charge is 0.352 e. The van der Waals surface area contributed by atoms with E-state index in [1.807, 2.05) is 0 Å². The Morgan fingerprint density at radius 1 is 1.44 bits per heavy atom. The summed E-state index contributed by atoms with van der Waals surface area (Å²) < 4.78 is 0.834. The van der Waals surface area contributed by atoms with Gasteiger partial charge in [0.1, 0.15) is 0 Å². The fourth-order valence-corrected chi connectivity index (χ4v) is 2.45. The molecule has 2 rings (SSSR count). The Bertz CT molecular complexity index is 375. The molecule has 1 N–H and O–H groups in total. The van der Waals surface area contributed by atoms with Crippen molar-refractivity contribution in [1.29, 1.82) is 0 Å². The normalized spacial score (nSPS) is 16.3. The molecular weight excluding hydrogens is 268 g/mol. The molecule has 3 nitrogen and oxygen atoms in total. The van der Waals surface area contributed by atoms with Gasteiger partial charge in [0.15, 0.2) is 0 Å². The molecule has 1 aromatic heterocycles. The van der Waals surface area contributed by atoms with Crippen LogP contribution < -0.4 is 5.32 Å². The highest BCUT2D eigenvalue weighted by molar-refractivity contribution is 9.10. The summed E-state index contributed by atoms with van der Waals surface area (Å²) in [4.78, 5) is 15.8. The molecular formula is C12H15BrN2O. The van der Waals surface area contributed by atoms with Crippen molar-refractivity contribution in [2.45, 2.75) is 25.7 Å². The number of nitrogens with zero attached hydrogens (tertiary/aromatic N) is 1. The first kappa shape index (κ1) is 11.6. The monoisotopic (exact) mass is 282 g/mol. The second-order valence-corrected chi connectivity index (χ2v) is 5.17. The van der Waals surface area contributed by atoms with Gasteiger partial charge >= 0.3 is 0 Å². The molecule has 0 atom stereocenters. The van der Waals surface area contributed by atoms with E-state index in [-0.39, 0.29) is 5.91 Å². The molecule has 0 aliphatic heterocycles. The lowest BCUT2D eigenvalue weighted by Crippen LogP contribution is -2.28. The van der Waals surface area contributed by atoms with Gasteiger partial charge in [0, 0.05) is 23.4 Å². The molecule has 0 spiro atoms. The molecule has 0 radical (unpaired) electrons. The number of aromatic nitrogens is 1. The number of carbonyl (C=O) groups is 1. The molecule has 0 saturated heterocycles. The van der Waals surface area contributed by atoms with Gasteiger partial charge in [-0.3, -0.25) is 9.78 Å². The second kappa shape index (κ2) is 5.43. The highest BCUT2D eigenvalue weighted by atomic mass is 79.9. The second-order valence-electron chi connectivity index (χ2n) is 4.25. The van der Waals surface area contributed by atoms with E-state index in [1.165, 1.54) is 25.7 Å². The lowest BCUT2D eigenvalue weighted by atomic mass is 10.1. The fourth-order valence-electron chi connectivity index (χ4n) is 2.09. The maximum Gasteiger partial charge on any atom is 0.252 e. The summed E-state index contributed by atoms with van der Waals surface area (Å²) in [6.45, 7) is 0.797. The van der Waals surface area contributed by atoms with Crippen molar-refractivity contribution in [2.24, 2.45) is 5.92 Å². The van der Waals surface area contributed by atoms with Crippen LogP contribution in [0.1, 0.15) is 36.0 Å². The van der Waals surface area contributed by atoms with Crippen LogP contribution in [0.15, 0.2) is 22.9 Å². The zero-order chi connectivity index (χ0) is 11.4. The van der Waals surface area contributed by atoms with Crippen molar-refractivity contribution in [3.63, 3.8) is 0 Å². The van der Waals surface area contributed by atoms with E-state index >= 15 is 0 Å². The number of rotatable bonds is 3. The molecule has 86 valence electrons. The topological polar surface area (TPSA) is 42.0 Å². The fraction of sp³-hybridized carbons (Fsp3) is 0.500. The standard InChI is InChI=1S/C12H15BrN2O/c13-11-5-10(7-14-8-11)12(16)15-6-9-3-1-2-4-9/h5,7-9H,1-4,6H2,(H,15,16). The van der Waals surface area contributed by atoms with Crippen LogP contribution in [0, 0.1) is 5.92 Å². The molecule has 1 amide bonds. The summed E-state index contributed by atoms with van der Waals surface area (Å²) >= 11 is 3.31. The van der Waals surface area contributed by atoms with Crippen molar-refractivity contribution in [1.82, 2.24) is 10.3 Å². The Labute approximate surface area is 104 Å². The van der Waals surface area contributed by atoms with E-state index in [4.69, 9.17) is 0 Å². The summed E-state index contributed by atoms with van der Waals surface area (Å²) in [5.74, 6) is 0.643. The zero-order valence-corrected chi connectivity index (χ0v) is 10.7. The van der Waals surface area contributed by atoms with Crippen molar-refractivity contribution < 1.29 is 4.79 Å². The Morgan fingerprint density at radius 2 is 2.19 bits per heavy atom. The highest BCUT2D eigenvalue weighted by Gasteiger charge is 2.16. The van der Waals surface area contributed by atoms with Gasteiger partial charge in [-0.1, -0.05) is 12.8 Å². The molecule has 4 heteroatoms. The molecule has 0 aromatic carbocycles. The number of hydrogen-bond donors (Lipinski definition) is 1. The molecule has 1 heterocycles. The SMILES string of the molecule is O=C(NCC1CCCC1)c1cncc(Br)c1. The Kier molecular flexibility index (Phi) is 3.93. The minimum Gasteiger partial charge on any atom is -0.352 e. The Balaban J connectivity index is 1.87. The third-order valence-electron chi connectivity index (χ3n) is 2.99. The van der Waals surface area contributed by atoms with Gasteiger partial charge in [0.05, 0.1) is 5.56 Å². The van der Waals surface area contributed by atoms with Crippen molar-refractivity contribution in [3.8, 4) is 0 Å². The van der Waals surface area contributed by atoms with Gasteiger partial charge in [-0.25, -0.2) is 0 Å². The van der Waals surface area contributed by atoms with E-state index in [0.29, 0.717) is 11.5 Å². The maximum atomic E-state index is 11.8. The van der Waals surface area contributed by atoms with Crippen LogP contribution in [0.2, 0.25) is 0 Å². The van der Waals surface area contributed by atoms with Crippen LogP contribution in [0.3, 0.4) is 0 Å². The first-order chi connectivity index (χ1) is 7.75. The molecule has 1 fully saturated rings. The number of halogens is 1. The summed E-state index contributed by atoms with van der Waals surface area (Å²) in [6.07, 6.45) is 8.37. The zero-order valence-electron chi connectivity index (χ0n) is 9.08. The molecule has 0 bridgehead atoms. The van der Waals surface area contributed by atoms with Crippen LogP contribution >= 0.6 is 15.9 Å². The van der Waals surface area contributed by atoms with Gasteiger partial charge in [-0.2, -0.15) is 0 Å². The van der Waals surface area contributed by atoms with Crippen molar-refractivity contribution >= 4 is 21.8 Å². The predicted molar refractivity (Wildman–Crippen MR) is 66.2 cm³/mol. The molecule has 1 saturated carbocycles. The molecule has 1 aliphatic carbocycles. The van der Waals surface area contributed by atoms with E-state index in [2.05, 4.69) is 26.2 Å². The van der Waals surface area contributed by atoms with Gasteiger partial charge in [-0.05, 0) is 40.8 Å². The third kappa shape index (κ3) is 3.04. The first-order valence-corrected chi connectivity index (χ1v) is 6.44. The smallest absolute Gasteiger partial charge is 0.252 e. The van der Waals surface area contributed by atoms with E-state index < -0.39 is 0 Å². The Hall–Kier alpha value is -0.900. The van der Waals surface area contributed by atoms with Crippen molar-refractivity contribution in [3.05, 3.63) is 28.5 Å². The van der Waals surface area contributed by atoms with Crippen molar-refractivity contribution in [2.75, 3.05) is 6.54 Å². The van der Waals surface area contributed by atoms with Crippen LogP contribution in [-0.4, -0.2) is 17.4 Å². The lowest BCUT2D eigenvalue weighted by molar-refractivity contribution is 0.0947. The van der Waals surface area contributed by atoms with Gasteiger partial charge in [-0.15, -0.1) is 0 Å². The third-order valence-corrected chi connectivity index (χ3v) is 3.43. The average Bonchev–Trinajstić information content (AvgIpc) is 2.78. The summed E-state index contributed by atoms with van der Waals surface area (Å²) in [5, 5.41) is 2.97. The number of pyridine rings is 1. The van der Waals surface area contributed by atoms with E-state index in [9.17, 15) is 4.79 Å². The lowest BCUT2D eigenvalue weighted by Gasteiger charge is -2.10. The van der Waals surface area contributed by atoms with E-state index in [0.717, 1.165) is 11.0 Å². The molecule has 1 aromatic rings. The van der Waals surface area contributed by atoms with Crippen LogP contribution in [0.25, 0.3) is 0 Å². The first-order valence-electron chi connectivity index (χ1n) is 5.64. The summed E-state index contributed by atoms with van der Waals surface area (Å²) in [6, 6.07) is 1.79.